The van der Waals surface area contributed by atoms with Crippen LogP contribution in [0.4, 0.5) is 0 Å². The van der Waals surface area contributed by atoms with Gasteiger partial charge >= 0.3 is 0 Å². The van der Waals surface area contributed by atoms with Crippen molar-refractivity contribution in [3.63, 3.8) is 0 Å². The molecule has 0 saturated heterocycles. The minimum atomic E-state index is 0.219. The average Bonchev–Trinajstić information content (AvgIpc) is 2.83. The fraction of sp³-hybridized carbons (Fsp3) is 0.571. The van der Waals surface area contributed by atoms with Crippen LogP contribution in [0.25, 0.3) is 0 Å². The lowest BCUT2D eigenvalue weighted by atomic mass is 9.94. The van der Waals surface area contributed by atoms with Gasteiger partial charge in [-0.1, -0.05) is 25.0 Å². The van der Waals surface area contributed by atoms with Crippen LogP contribution in [0.1, 0.15) is 42.7 Å². The summed E-state index contributed by atoms with van der Waals surface area (Å²) in [5.74, 6) is 1.67. The van der Waals surface area contributed by atoms with E-state index in [1.165, 1.54) is 36.8 Å². The smallest absolute Gasteiger partial charge is 0.122 e. The lowest BCUT2D eigenvalue weighted by Gasteiger charge is -2.15. The van der Waals surface area contributed by atoms with Gasteiger partial charge in [0.2, 0.25) is 0 Å². The van der Waals surface area contributed by atoms with Crippen LogP contribution in [-0.4, -0.2) is 18.8 Å². The zero-order chi connectivity index (χ0) is 11.4. The standard InChI is InChI=1S/C14H20O2/c1-16-14-7-6-11(8-9-15)10-13(14)12-4-2-3-5-12/h6-7,10,12,15H,2-5,8-9H2,1H3. The summed E-state index contributed by atoms with van der Waals surface area (Å²) in [5, 5.41) is 8.97. The lowest BCUT2D eigenvalue weighted by molar-refractivity contribution is 0.299. The first kappa shape index (κ1) is 11.5. The fourth-order valence-corrected chi connectivity index (χ4v) is 2.62. The van der Waals surface area contributed by atoms with E-state index < -0.39 is 0 Å². The maximum Gasteiger partial charge on any atom is 0.122 e. The zero-order valence-corrected chi connectivity index (χ0v) is 9.91. The van der Waals surface area contributed by atoms with Crippen LogP contribution >= 0.6 is 0 Å². The third kappa shape index (κ3) is 2.38. The van der Waals surface area contributed by atoms with Gasteiger partial charge in [0.15, 0.2) is 0 Å². The van der Waals surface area contributed by atoms with E-state index >= 15 is 0 Å². The normalized spacial score (nSPS) is 16.6. The van der Waals surface area contributed by atoms with Crippen LogP contribution in [0.2, 0.25) is 0 Å². The van der Waals surface area contributed by atoms with Crippen molar-refractivity contribution < 1.29 is 9.84 Å². The third-order valence-electron chi connectivity index (χ3n) is 3.49. The van der Waals surface area contributed by atoms with Gasteiger partial charge in [-0.2, -0.15) is 0 Å². The molecule has 88 valence electrons. The fourth-order valence-electron chi connectivity index (χ4n) is 2.62. The summed E-state index contributed by atoms with van der Waals surface area (Å²) in [5.41, 5.74) is 2.55. The molecule has 0 aromatic heterocycles. The van der Waals surface area contributed by atoms with Crippen molar-refractivity contribution in [3.8, 4) is 5.75 Å². The van der Waals surface area contributed by atoms with Gasteiger partial charge in [0.1, 0.15) is 5.75 Å². The largest absolute Gasteiger partial charge is 0.496 e. The molecular weight excluding hydrogens is 200 g/mol. The second kappa shape index (κ2) is 5.35. The molecular formula is C14H20O2. The van der Waals surface area contributed by atoms with Crippen molar-refractivity contribution in [2.75, 3.05) is 13.7 Å². The Hall–Kier alpha value is -1.02. The van der Waals surface area contributed by atoms with E-state index in [9.17, 15) is 0 Å². The maximum atomic E-state index is 8.97. The van der Waals surface area contributed by atoms with Crippen molar-refractivity contribution in [1.29, 1.82) is 0 Å². The molecule has 0 radical (unpaired) electrons. The maximum absolute atomic E-state index is 8.97. The van der Waals surface area contributed by atoms with Gasteiger partial charge in [-0.25, -0.2) is 0 Å². The minimum Gasteiger partial charge on any atom is -0.496 e. The van der Waals surface area contributed by atoms with E-state index in [4.69, 9.17) is 9.84 Å². The van der Waals surface area contributed by atoms with Gasteiger partial charge in [-0.05, 0) is 42.4 Å². The lowest BCUT2D eigenvalue weighted by Crippen LogP contribution is -2.00. The van der Waals surface area contributed by atoms with Crippen molar-refractivity contribution in [2.45, 2.75) is 38.0 Å². The van der Waals surface area contributed by atoms with Crippen LogP contribution in [0, 0.1) is 0 Å². The van der Waals surface area contributed by atoms with E-state index in [-0.39, 0.29) is 6.61 Å². The molecule has 0 unspecified atom stereocenters. The van der Waals surface area contributed by atoms with Gasteiger partial charge in [-0.15, -0.1) is 0 Å². The Morgan fingerprint density at radius 3 is 2.69 bits per heavy atom. The number of aliphatic hydroxyl groups excluding tert-OH is 1. The Labute approximate surface area is 97.3 Å². The van der Waals surface area contributed by atoms with Crippen molar-refractivity contribution >= 4 is 0 Å². The number of hydrogen-bond acceptors (Lipinski definition) is 2. The van der Waals surface area contributed by atoms with E-state index in [1.807, 2.05) is 12.1 Å². The molecule has 2 heteroatoms. The topological polar surface area (TPSA) is 29.5 Å². The molecule has 1 aromatic carbocycles. The molecule has 2 rings (SSSR count). The zero-order valence-electron chi connectivity index (χ0n) is 9.91. The molecule has 0 bridgehead atoms. The molecule has 1 fully saturated rings. The van der Waals surface area contributed by atoms with Crippen LogP contribution in [0.3, 0.4) is 0 Å². The molecule has 1 saturated carbocycles. The molecule has 1 aromatic rings. The first-order valence-electron chi connectivity index (χ1n) is 6.13. The number of rotatable bonds is 4. The first-order chi connectivity index (χ1) is 7.85. The average molecular weight is 220 g/mol. The Bertz CT molecular complexity index is 341. The predicted octanol–water partition coefficient (Wildman–Crippen LogP) is 2.89. The van der Waals surface area contributed by atoms with Gasteiger partial charge in [0, 0.05) is 6.61 Å². The minimum absolute atomic E-state index is 0.219. The van der Waals surface area contributed by atoms with E-state index in [0.29, 0.717) is 5.92 Å². The predicted molar refractivity (Wildman–Crippen MR) is 65.0 cm³/mol. The summed E-state index contributed by atoms with van der Waals surface area (Å²) >= 11 is 0. The molecule has 16 heavy (non-hydrogen) atoms. The van der Waals surface area contributed by atoms with E-state index in [0.717, 1.165) is 12.2 Å². The molecule has 1 N–H and O–H groups in total. The monoisotopic (exact) mass is 220 g/mol. The summed E-state index contributed by atoms with van der Waals surface area (Å²) < 4.78 is 5.43. The van der Waals surface area contributed by atoms with Crippen LogP contribution < -0.4 is 4.74 Å². The van der Waals surface area contributed by atoms with Crippen molar-refractivity contribution in [2.24, 2.45) is 0 Å². The second-order valence-corrected chi connectivity index (χ2v) is 4.53. The van der Waals surface area contributed by atoms with Gasteiger partial charge in [0.25, 0.3) is 0 Å². The van der Waals surface area contributed by atoms with Crippen LogP contribution in [0.5, 0.6) is 5.75 Å². The summed E-state index contributed by atoms with van der Waals surface area (Å²) in [7, 11) is 1.74. The summed E-state index contributed by atoms with van der Waals surface area (Å²) in [6.07, 6.45) is 5.96. The Kier molecular flexibility index (Phi) is 3.83. The Morgan fingerprint density at radius 2 is 2.06 bits per heavy atom. The molecule has 1 aliphatic carbocycles. The summed E-state index contributed by atoms with van der Waals surface area (Å²) in [6, 6.07) is 6.30. The highest BCUT2D eigenvalue weighted by molar-refractivity contribution is 5.40. The highest BCUT2D eigenvalue weighted by Gasteiger charge is 2.20. The van der Waals surface area contributed by atoms with Gasteiger partial charge in [-0.3, -0.25) is 0 Å². The number of benzene rings is 1. The number of aliphatic hydroxyl groups is 1. The van der Waals surface area contributed by atoms with Gasteiger partial charge in [0.05, 0.1) is 7.11 Å². The molecule has 2 nitrogen and oxygen atoms in total. The highest BCUT2D eigenvalue weighted by atomic mass is 16.5. The molecule has 0 aliphatic heterocycles. The first-order valence-corrected chi connectivity index (χ1v) is 6.13. The highest BCUT2D eigenvalue weighted by Crippen LogP contribution is 2.39. The molecule has 0 heterocycles. The molecule has 0 atom stereocenters. The Morgan fingerprint density at radius 1 is 1.31 bits per heavy atom. The number of hydrogen-bond donors (Lipinski definition) is 1. The molecule has 0 spiro atoms. The number of ether oxygens (including phenoxy) is 1. The van der Waals surface area contributed by atoms with E-state index in [2.05, 4.69) is 6.07 Å². The summed E-state index contributed by atoms with van der Waals surface area (Å²) in [6.45, 7) is 0.219. The second-order valence-electron chi connectivity index (χ2n) is 4.53. The third-order valence-corrected chi connectivity index (χ3v) is 3.49. The van der Waals surface area contributed by atoms with Crippen molar-refractivity contribution in [3.05, 3.63) is 29.3 Å². The molecule has 1 aliphatic rings. The van der Waals surface area contributed by atoms with Crippen LogP contribution in [0.15, 0.2) is 18.2 Å². The van der Waals surface area contributed by atoms with E-state index in [1.54, 1.807) is 7.11 Å². The number of methoxy groups -OCH3 is 1. The quantitative estimate of drug-likeness (QED) is 0.845. The SMILES string of the molecule is COc1ccc(CCO)cc1C1CCCC1. The van der Waals surface area contributed by atoms with Crippen LogP contribution in [-0.2, 0) is 6.42 Å². The Balaban J connectivity index is 2.27. The van der Waals surface area contributed by atoms with Gasteiger partial charge < -0.3 is 9.84 Å². The van der Waals surface area contributed by atoms with Crippen molar-refractivity contribution in [1.82, 2.24) is 0 Å². The molecule has 0 amide bonds. The summed E-state index contributed by atoms with van der Waals surface area (Å²) in [4.78, 5) is 0.